The molecular formula is C16H11F3N2O4S. The van der Waals surface area contributed by atoms with Gasteiger partial charge in [-0.25, -0.2) is 8.42 Å². The summed E-state index contributed by atoms with van der Waals surface area (Å²) in [7, 11) is -3.68. The van der Waals surface area contributed by atoms with Crippen molar-refractivity contribution in [1.29, 1.82) is 0 Å². The van der Waals surface area contributed by atoms with Gasteiger partial charge in [0.2, 0.25) is 12.2 Å². The van der Waals surface area contributed by atoms with Gasteiger partial charge < -0.3 is 9.26 Å². The molecule has 26 heavy (non-hydrogen) atoms. The fraction of sp³-hybridized carbons (Fsp3) is 0.125. The lowest BCUT2D eigenvalue weighted by molar-refractivity contribution is -0.138. The third kappa shape index (κ3) is 3.69. The molecule has 0 radical (unpaired) electrons. The summed E-state index contributed by atoms with van der Waals surface area (Å²) in [4.78, 5) is 3.49. The zero-order valence-corrected chi connectivity index (χ0v) is 14.0. The lowest BCUT2D eigenvalue weighted by atomic mass is 10.1. The molecule has 0 aliphatic carbocycles. The predicted octanol–water partition coefficient (Wildman–Crippen LogP) is 3.95. The maximum absolute atomic E-state index is 13.4. The minimum atomic E-state index is -4.74. The summed E-state index contributed by atoms with van der Waals surface area (Å²) in [6.45, 7) is 0. The van der Waals surface area contributed by atoms with Gasteiger partial charge in [0.05, 0.1) is 5.56 Å². The molecule has 0 amide bonds. The van der Waals surface area contributed by atoms with Crippen molar-refractivity contribution in [2.75, 3.05) is 6.26 Å². The molecule has 0 unspecified atom stereocenters. The molecule has 136 valence electrons. The van der Waals surface area contributed by atoms with Gasteiger partial charge in [-0.15, -0.1) is 0 Å². The van der Waals surface area contributed by atoms with Crippen LogP contribution in [0.5, 0.6) is 11.5 Å². The molecule has 3 aromatic rings. The van der Waals surface area contributed by atoms with Crippen LogP contribution in [0.2, 0.25) is 0 Å². The number of benzene rings is 2. The van der Waals surface area contributed by atoms with Crippen LogP contribution in [0.3, 0.4) is 0 Å². The molecule has 1 heterocycles. The third-order valence-electron chi connectivity index (χ3n) is 3.37. The fourth-order valence-corrected chi connectivity index (χ4v) is 3.04. The highest BCUT2D eigenvalue weighted by Crippen LogP contribution is 2.41. The molecule has 10 heteroatoms. The SMILES string of the molecule is CS(=O)(=O)c1ccccc1Oc1ccc(-c2ncon2)cc1C(F)(F)F. The first kappa shape index (κ1) is 17.9. The molecule has 0 N–H and O–H groups in total. The third-order valence-corrected chi connectivity index (χ3v) is 4.51. The molecular weight excluding hydrogens is 373 g/mol. The summed E-state index contributed by atoms with van der Waals surface area (Å²) in [5.41, 5.74) is -1.02. The van der Waals surface area contributed by atoms with Gasteiger partial charge in [-0.2, -0.15) is 18.2 Å². The van der Waals surface area contributed by atoms with E-state index < -0.39 is 27.3 Å². The highest BCUT2D eigenvalue weighted by molar-refractivity contribution is 7.90. The normalized spacial score (nSPS) is 12.2. The number of ether oxygens (including phenoxy) is 1. The second kappa shape index (κ2) is 6.45. The number of rotatable bonds is 4. The first-order valence-corrected chi connectivity index (χ1v) is 9.00. The van der Waals surface area contributed by atoms with Crippen LogP contribution in [0.4, 0.5) is 13.2 Å². The Hall–Kier alpha value is -2.88. The van der Waals surface area contributed by atoms with Crippen molar-refractivity contribution in [3.8, 4) is 22.9 Å². The summed E-state index contributed by atoms with van der Waals surface area (Å²) < 4.78 is 73.8. The Kier molecular flexibility index (Phi) is 4.45. The van der Waals surface area contributed by atoms with Crippen LogP contribution in [0.15, 0.2) is 58.3 Å². The van der Waals surface area contributed by atoms with Gasteiger partial charge in [-0.05, 0) is 30.3 Å². The van der Waals surface area contributed by atoms with Gasteiger partial charge in [0.25, 0.3) is 0 Å². The summed E-state index contributed by atoms with van der Waals surface area (Å²) in [6, 6.07) is 8.66. The zero-order chi connectivity index (χ0) is 18.9. The van der Waals surface area contributed by atoms with Crippen molar-refractivity contribution in [2.24, 2.45) is 0 Å². The van der Waals surface area contributed by atoms with E-state index in [1.807, 2.05) is 0 Å². The fourth-order valence-electron chi connectivity index (χ4n) is 2.24. The number of sulfone groups is 1. The Balaban J connectivity index is 2.09. The number of halogens is 3. The summed E-state index contributed by atoms with van der Waals surface area (Å²) in [5.74, 6) is -0.757. The molecule has 0 atom stereocenters. The van der Waals surface area contributed by atoms with Crippen LogP contribution < -0.4 is 4.74 Å². The highest BCUT2D eigenvalue weighted by Gasteiger charge is 2.35. The van der Waals surface area contributed by atoms with Crippen molar-refractivity contribution < 1.29 is 30.8 Å². The quantitative estimate of drug-likeness (QED) is 0.677. The van der Waals surface area contributed by atoms with Crippen molar-refractivity contribution >= 4 is 9.84 Å². The van der Waals surface area contributed by atoms with Gasteiger partial charge in [-0.3, -0.25) is 0 Å². The van der Waals surface area contributed by atoms with Crippen LogP contribution in [0.1, 0.15) is 5.56 Å². The molecule has 0 bridgehead atoms. The minimum Gasteiger partial charge on any atom is -0.455 e. The smallest absolute Gasteiger partial charge is 0.420 e. The highest BCUT2D eigenvalue weighted by atomic mass is 32.2. The average molecular weight is 384 g/mol. The maximum Gasteiger partial charge on any atom is 0.420 e. The van der Waals surface area contributed by atoms with Crippen LogP contribution in [0, 0.1) is 0 Å². The first-order chi connectivity index (χ1) is 12.2. The monoisotopic (exact) mass is 384 g/mol. The molecule has 2 aromatic carbocycles. The molecule has 3 rings (SSSR count). The van der Waals surface area contributed by atoms with E-state index in [-0.39, 0.29) is 22.0 Å². The molecule has 0 aliphatic heterocycles. The zero-order valence-electron chi connectivity index (χ0n) is 13.2. The first-order valence-electron chi connectivity index (χ1n) is 7.11. The Morgan fingerprint density at radius 3 is 2.42 bits per heavy atom. The van der Waals surface area contributed by atoms with E-state index >= 15 is 0 Å². The number of hydrogen-bond acceptors (Lipinski definition) is 6. The Labute approximate surface area is 146 Å². The number of para-hydroxylation sites is 1. The lowest BCUT2D eigenvalue weighted by Gasteiger charge is -2.16. The van der Waals surface area contributed by atoms with Crippen molar-refractivity contribution in [3.63, 3.8) is 0 Å². The van der Waals surface area contributed by atoms with Crippen molar-refractivity contribution in [3.05, 3.63) is 54.4 Å². The molecule has 0 saturated heterocycles. The number of alkyl halides is 3. The van der Waals surface area contributed by atoms with E-state index in [1.54, 1.807) is 0 Å². The summed E-state index contributed by atoms with van der Waals surface area (Å²) >= 11 is 0. The van der Waals surface area contributed by atoms with Gasteiger partial charge in [0, 0.05) is 11.8 Å². The molecule has 6 nitrogen and oxygen atoms in total. The standard InChI is InChI=1S/C16H11F3N2O4S/c1-26(22,23)14-5-3-2-4-13(14)25-12-7-6-10(15-20-9-24-21-15)8-11(12)16(17,18)19/h2-9H,1H3. The van der Waals surface area contributed by atoms with E-state index in [0.717, 1.165) is 24.8 Å². The summed E-state index contributed by atoms with van der Waals surface area (Å²) in [6.07, 6.45) is -2.80. The molecule has 0 fully saturated rings. The lowest BCUT2D eigenvalue weighted by Crippen LogP contribution is -2.08. The molecule has 0 saturated carbocycles. The van der Waals surface area contributed by atoms with E-state index in [9.17, 15) is 21.6 Å². The number of aromatic nitrogens is 2. The van der Waals surface area contributed by atoms with Crippen LogP contribution in [0.25, 0.3) is 11.4 Å². The van der Waals surface area contributed by atoms with E-state index in [4.69, 9.17) is 4.74 Å². The summed E-state index contributed by atoms with van der Waals surface area (Å²) in [5, 5.41) is 3.50. The van der Waals surface area contributed by atoms with E-state index in [1.165, 1.54) is 30.3 Å². The Morgan fingerprint density at radius 2 is 1.81 bits per heavy atom. The second-order valence-electron chi connectivity index (χ2n) is 5.28. The van der Waals surface area contributed by atoms with Crippen molar-refractivity contribution in [2.45, 2.75) is 11.1 Å². The van der Waals surface area contributed by atoms with Crippen LogP contribution in [-0.4, -0.2) is 24.8 Å². The molecule has 1 aromatic heterocycles. The number of hydrogen-bond donors (Lipinski definition) is 0. The Bertz CT molecular complexity index is 1030. The second-order valence-corrected chi connectivity index (χ2v) is 7.27. The van der Waals surface area contributed by atoms with Crippen LogP contribution >= 0.6 is 0 Å². The number of nitrogens with zero attached hydrogens (tertiary/aromatic N) is 2. The van der Waals surface area contributed by atoms with E-state index in [0.29, 0.717) is 0 Å². The average Bonchev–Trinajstić information content (AvgIpc) is 3.08. The van der Waals surface area contributed by atoms with Crippen molar-refractivity contribution in [1.82, 2.24) is 10.1 Å². The Morgan fingerprint density at radius 1 is 1.08 bits per heavy atom. The predicted molar refractivity (Wildman–Crippen MR) is 84.4 cm³/mol. The minimum absolute atomic E-state index is 0.0152. The maximum atomic E-state index is 13.4. The van der Waals surface area contributed by atoms with Gasteiger partial charge >= 0.3 is 6.18 Å². The largest absolute Gasteiger partial charge is 0.455 e. The van der Waals surface area contributed by atoms with E-state index in [2.05, 4.69) is 14.7 Å². The molecule has 0 spiro atoms. The van der Waals surface area contributed by atoms with Gasteiger partial charge in [-0.1, -0.05) is 17.3 Å². The van der Waals surface area contributed by atoms with Gasteiger partial charge in [0.15, 0.2) is 9.84 Å². The van der Waals surface area contributed by atoms with Gasteiger partial charge in [0.1, 0.15) is 16.4 Å². The topological polar surface area (TPSA) is 82.3 Å². The molecule has 0 aliphatic rings. The van der Waals surface area contributed by atoms with Crippen LogP contribution in [-0.2, 0) is 16.0 Å².